The summed E-state index contributed by atoms with van der Waals surface area (Å²) in [6, 6.07) is 7.98. The molecule has 1 amide bonds. The molecule has 1 heterocycles. The summed E-state index contributed by atoms with van der Waals surface area (Å²) in [5.74, 6) is -2.01. The molecular weight excluding hydrogens is 314 g/mol. The van der Waals surface area contributed by atoms with Crippen LogP contribution >= 0.6 is 15.9 Å². The van der Waals surface area contributed by atoms with Crippen LogP contribution in [-0.2, 0) is 0 Å². The maximum absolute atomic E-state index is 11.9. The van der Waals surface area contributed by atoms with Crippen LogP contribution in [0.2, 0.25) is 0 Å². The quantitative estimate of drug-likeness (QED) is 0.908. The molecule has 0 aliphatic rings. The molecule has 1 aromatic heterocycles. The van der Waals surface area contributed by atoms with Gasteiger partial charge in [0.05, 0.1) is 0 Å². The smallest absolute Gasteiger partial charge is 0.371 e. The Kier molecular flexibility index (Phi) is 3.71. The summed E-state index contributed by atoms with van der Waals surface area (Å²) in [7, 11) is 0. The number of aryl methyl sites for hydroxylation is 1. The van der Waals surface area contributed by atoms with Crippen LogP contribution < -0.4 is 5.32 Å². The lowest BCUT2D eigenvalue weighted by molar-refractivity contribution is 0.0660. The van der Waals surface area contributed by atoms with Gasteiger partial charge in [-0.1, -0.05) is 15.9 Å². The third kappa shape index (κ3) is 3.03. The van der Waals surface area contributed by atoms with Gasteiger partial charge in [-0.05, 0) is 42.8 Å². The summed E-state index contributed by atoms with van der Waals surface area (Å²) in [5, 5.41) is 11.4. The number of carbonyl (C=O) groups is 2. The number of aromatic carboxylic acids is 1. The largest absolute Gasteiger partial charge is 0.475 e. The average molecular weight is 324 g/mol. The van der Waals surface area contributed by atoms with Crippen molar-refractivity contribution >= 4 is 33.5 Å². The minimum absolute atomic E-state index is 0.0419. The van der Waals surface area contributed by atoms with E-state index in [0.29, 0.717) is 5.69 Å². The van der Waals surface area contributed by atoms with Crippen molar-refractivity contribution < 1.29 is 19.1 Å². The van der Waals surface area contributed by atoms with Crippen molar-refractivity contribution in [1.29, 1.82) is 0 Å². The second-order valence-electron chi connectivity index (χ2n) is 3.88. The van der Waals surface area contributed by atoms with Crippen molar-refractivity contribution in [2.24, 2.45) is 0 Å². The molecule has 2 aromatic rings. The van der Waals surface area contributed by atoms with Gasteiger partial charge in [0.25, 0.3) is 5.91 Å². The lowest BCUT2D eigenvalue weighted by atomic mass is 10.2. The second kappa shape index (κ2) is 5.27. The molecule has 98 valence electrons. The van der Waals surface area contributed by atoms with Gasteiger partial charge in [-0.2, -0.15) is 0 Å². The molecule has 0 aliphatic carbocycles. The molecule has 2 rings (SSSR count). The number of benzene rings is 1. The highest BCUT2D eigenvalue weighted by Gasteiger charge is 2.15. The van der Waals surface area contributed by atoms with Crippen molar-refractivity contribution in [3.05, 3.63) is 51.9 Å². The predicted octanol–water partition coefficient (Wildman–Crippen LogP) is 3.30. The number of rotatable bonds is 3. The number of carboxylic acids is 1. The van der Waals surface area contributed by atoms with Gasteiger partial charge < -0.3 is 14.8 Å². The molecule has 0 bridgehead atoms. The third-order valence-electron chi connectivity index (χ3n) is 2.48. The van der Waals surface area contributed by atoms with E-state index in [2.05, 4.69) is 21.2 Å². The molecule has 0 fully saturated rings. The van der Waals surface area contributed by atoms with Crippen molar-refractivity contribution in [3.63, 3.8) is 0 Å². The third-order valence-corrected chi connectivity index (χ3v) is 2.97. The minimum atomic E-state index is -1.21. The normalized spacial score (nSPS) is 10.2. The number of nitrogens with one attached hydrogen (secondary N) is 1. The molecule has 1 aromatic carbocycles. The highest BCUT2D eigenvalue weighted by molar-refractivity contribution is 9.10. The van der Waals surface area contributed by atoms with E-state index in [1.165, 1.54) is 12.1 Å². The van der Waals surface area contributed by atoms with Crippen LogP contribution in [0.1, 0.15) is 26.7 Å². The number of amides is 1. The summed E-state index contributed by atoms with van der Waals surface area (Å²) < 4.78 is 5.83. The van der Waals surface area contributed by atoms with Crippen LogP contribution in [0.25, 0.3) is 0 Å². The van der Waals surface area contributed by atoms with Crippen LogP contribution in [0.5, 0.6) is 0 Å². The lowest BCUT2D eigenvalue weighted by Gasteiger charge is -2.07. The monoisotopic (exact) mass is 323 g/mol. The van der Waals surface area contributed by atoms with Gasteiger partial charge in [-0.25, -0.2) is 4.79 Å². The Hall–Kier alpha value is -2.08. The molecule has 0 saturated carbocycles. The Labute approximate surface area is 117 Å². The summed E-state index contributed by atoms with van der Waals surface area (Å²) in [6.45, 7) is 1.85. The fourth-order valence-corrected chi connectivity index (χ4v) is 2.00. The molecule has 19 heavy (non-hydrogen) atoms. The molecule has 0 aliphatic heterocycles. The van der Waals surface area contributed by atoms with Gasteiger partial charge in [0, 0.05) is 10.2 Å². The molecule has 0 spiro atoms. The van der Waals surface area contributed by atoms with Crippen molar-refractivity contribution in [1.82, 2.24) is 0 Å². The summed E-state index contributed by atoms with van der Waals surface area (Å²) in [4.78, 5) is 22.5. The van der Waals surface area contributed by atoms with E-state index in [1.54, 1.807) is 12.1 Å². The van der Waals surface area contributed by atoms with Crippen molar-refractivity contribution in [3.8, 4) is 0 Å². The predicted molar refractivity (Wildman–Crippen MR) is 72.5 cm³/mol. The van der Waals surface area contributed by atoms with Gasteiger partial charge in [0.15, 0.2) is 5.76 Å². The highest BCUT2D eigenvalue weighted by Crippen LogP contribution is 2.21. The zero-order valence-corrected chi connectivity index (χ0v) is 11.5. The first kappa shape index (κ1) is 13.4. The van der Waals surface area contributed by atoms with Crippen LogP contribution in [0.3, 0.4) is 0 Å². The van der Waals surface area contributed by atoms with E-state index in [9.17, 15) is 9.59 Å². The summed E-state index contributed by atoms with van der Waals surface area (Å²) in [5.41, 5.74) is 1.52. The minimum Gasteiger partial charge on any atom is -0.475 e. The molecule has 0 radical (unpaired) electrons. The Morgan fingerprint density at radius 2 is 1.89 bits per heavy atom. The first-order chi connectivity index (χ1) is 8.97. The van der Waals surface area contributed by atoms with Crippen LogP contribution in [-0.4, -0.2) is 17.0 Å². The number of anilines is 1. The van der Waals surface area contributed by atoms with E-state index < -0.39 is 11.9 Å². The zero-order chi connectivity index (χ0) is 14.0. The number of hydrogen-bond acceptors (Lipinski definition) is 3. The van der Waals surface area contributed by atoms with E-state index in [0.717, 1.165) is 10.0 Å². The fraction of sp³-hybridized carbons (Fsp3) is 0.0769. The number of furan rings is 1. The lowest BCUT2D eigenvalue weighted by Crippen LogP contribution is -2.11. The second-order valence-corrected chi connectivity index (χ2v) is 4.80. The highest BCUT2D eigenvalue weighted by atomic mass is 79.9. The maximum Gasteiger partial charge on any atom is 0.371 e. The van der Waals surface area contributed by atoms with Crippen LogP contribution in [0.4, 0.5) is 5.69 Å². The number of carboxylic acid groups (broad SMARTS) is 1. The summed E-state index contributed by atoms with van der Waals surface area (Å²) >= 11 is 3.33. The fourth-order valence-electron chi connectivity index (χ4n) is 1.53. The molecule has 0 saturated heterocycles. The standard InChI is InChI=1S/C13H10BrNO4/c1-7-6-8(14)2-3-9(7)15-12(16)10-4-5-11(19-10)13(17)18/h2-6H,1H3,(H,15,16)(H,17,18). The Morgan fingerprint density at radius 1 is 1.21 bits per heavy atom. The van der Waals surface area contributed by atoms with Crippen LogP contribution in [0, 0.1) is 6.92 Å². The first-order valence-electron chi connectivity index (χ1n) is 5.38. The average Bonchev–Trinajstić information content (AvgIpc) is 2.82. The Morgan fingerprint density at radius 3 is 2.47 bits per heavy atom. The zero-order valence-electron chi connectivity index (χ0n) is 9.94. The topological polar surface area (TPSA) is 79.5 Å². The molecular formula is C13H10BrNO4. The van der Waals surface area contributed by atoms with Gasteiger partial charge in [-0.15, -0.1) is 0 Å². The summed E-state index contributed by atoms with van der Waals surface area (Å²) in [6.07, 6.45) is 0. The molecule has 0 unspecified atom stereocenters. The number of hydrogen-bond donors (Lipinski definition) is 2. The van der Waals surface area contributed by atoms with Crippen molar-refractivity contribution in [2.75, 3.05) is 5.32 Å². The molecule has 0 atom stereocenters. The molecule has 2 N–H and O–H groups in total. The molecule has 6 heteroatoms. The SMILES string of the molecule is Cc1cc(Br)ccc1NC(=O)c1ccc(C(=O)O)o1. The van der Waals surface area contributed by atoms with E-state index in [-0.39, 0.29) is 11.5 Å². The van der Waals surface area contributed by atoms with Crippen molar-refractivity contribution in [2.45, 2.75) is 6.92 Å². The number of carbonyl (C=O) groups excluding carboxylic acids is 1. The van der Waals surface area contributed by atoms with Gasteiger partial charge >= 0.3 is 5.97 Å². The number of halogens is 1. The van der Waals surface area contributed by atoms with E-state index in [1.807, 2.05) is 13.0 Å². The molecule has 5 nitrogen and oxygen atoms in total. The van der Waals surface area contributed by atoms with Gasteiger partial charge in [0.2, 0.25) is 5.76 Å². The maximum atomic E-state index is 11.9. The van der Waals surface area contributed by atoms with Gasteiger partial charge in [-0.3, -0.25) is 4.79 Å². The van der Waals surface area contributed by atoms with Crippen LogP contribution in [0.15, 0.2) is 39.2 Å². The van der Waals surface area contributed by atoms with E-state index >= 15 is 0 Å². The Balaban J connectivity index is 2.18. The first-order valence-corrected chi connectivity index (χ1v) is 6.17. The van der Waals surface area contributed by atoms with Gasteiger partial charge in [0.1, 0.15) is 0 Å². The Bertz CT molecular complexity index is 648. The van der Waals surface area contributed by atoms with E-state index in [4.69, 9.17) is 9.52 Å².